The molecule has 7 nitrogen and oxygen atoms in total. The van der Waals surface area contributed by atoms with Crippen LogP contribution in [-0.4, -0.2) is 24.8 Å². The zero-order valence-electron chi connectivity index (χ0n) is 14.6. The second-order valence-corrected chi connectivity index (χ2v) is 5.80. The molecule has 0 saturated heterocycles. The molecule has 1 aromatic carbocycles. The zero-order valence-corrected chi connectivity index (χ0v) is 14.6. The first-order valence-corrected chi connectivity index (χ1v) is 7.97. The molecule has 0 radical (unpaired) electrons. The van der Waals surface area contributed by atoms with E-state index in [0.29, 0.717) is 22.7 Å². The van der Waals surface area contributed by atoms with Crippen molar-refractivity contribution in [1.82, 2.24) is 0 Å². The van der Waals surface area contributed by atoms with Crippen molar-refractivity contribution in [2.45, 2.75) is 20.3 Å². The van der Waals surface area contributed by atoms with Gasteiger partial charge in [-0.2, -0.15) is 0 Å². The van der Waals surface area contributed by atoms with Crippen molar-refractivity contribution in [1.29, 1.82) is 0 Å². The van der Waals surface area contributed by atoms with Crippen molar-refractivity contribution < 1.29 is 28.2 Å². The number of ether oxygens (including phenoxy) is 2. The van der Waals surface area contributed by atoms with E-state index in [2.05, 4.69) is 4.74 Å². The van der Waals surface area contributed by atoms with Gasteiger partial charge in [-0.3, -0.25) is 4.79 Å². The number of esters is 1. The number of hydrogen-bond donors (Lipinski definition) is 1. The normalized spacial score (nSPS) is 10.9. The first-order chi connectivity index (χ1) is 12.4. The van der Waals surface area contributed by atoms with Gasteiger partial charge in [0.15, 0.2) is 11.5 Å². The minimum Gasteiger partial charge on any atom is -0.507 e. The third-order valence-corrected chi connectivity index (χ3v) is 4.07. The molecule has 0 fully saturated rings. The number of carbonyl (C=O) groups excluding carboxylic acids is 1. The number of benzene rings is 1. The molecule has 0 saturated carbocycles. The van der Waals surface area contributed by atoms with Crippen molar-refractivity contribution in [3.05, 3.63) is 45.8 Å². The van der Waals surface area contributed by atoms with Gasteiger partial charge >= 0.3 is 11.6 Å². The van der Waals surface area contributed by atoms with Crippen LogP contribution in [0.2, 0.25) is 0 Å². The number of hydrogen-bond acceptors (Lipinski definition) is 7. The summed E-state index contributed by atoms with van der Waals surface area (Å²) in [5.74, 6) is 0.589. The van der Waals surface area contributed by atoms with E-state index in [0.717, 1.165) is 5.39 Å². The molecule has 0 aliphatic rings. The molecular weight excluding hydrogens is 340 g/mol. The smallest absolute Gasteiger partial charge is 0.343 e. The third kappa shape index (κ3) is 3.28. The van der Waals surface area contributed by atoms with Gasteiger partial charge in [-0.25, -0.2) is 4.79 Å². The van der Waals surface area contributed by atoms with Gasteiger partial charge in [-0.05, 0) is 32.0 Å². The summed E-state index contributed by atoms with van der Waals surface area (Å²) in [4.78, 5) is 22.9. The summed E-state index contributed by atoms with van der Waals surface area (Å²) in [7, 11) is 1.32. The molecule has 3 rings (SSSR count). The van der Waals surface area contributed by atoms with Crippen LogP contribution in [0.1, 0.15) is 17.5 Å². The van der Waals surface area contributed by atoms with Gasteiger partial charge in [0.25, 0.3) is 0 Å². The van der Waals surface area contributed by atoms with E-state index in [1.54, 1.807) is 31.2 Å². The fourth-order valence-corrected chi connectivity index (χ4v) is 2.53. The maximum Gasteiger partial charge on any atom is 0.343 e. The van der Waals surface area contributed by atoms with E-state index in [1.165, 1.54) is 14.0 Å². The van der Waals surface area contributed by atoms with Gasteiger partial charge in [0, 0.05) is 17.0 Å². The summed E-state index contributed by atoms with van der Waals surface area (Å²) in [5, 5.41) is 10.8. The number of fused-ring (bicyclic) bond motifs is 1. The first-order valence-electron chi connectivity index (χ1n) is 7.97. The van der Waals surface area contributed by atoms with E-state index < -0.39 is 5.63 Å². The lowest BCUT2D eigenvalue weighted by molar-refractivity contribution is -0.141. The Bertz CT molecular complexity index is 1030. The Morgan fingerprint density at radius 3 is 2.65 bits per heavy atom. The van der Waals surface area contributed by atoms with Crippen LogP contribution in [0.15, 0.2) is 37.9 Å². The molecule has 7 heteroatoms. The first kappa shape index (κ1) is 17.6. The number of carbonyl (C=O) groups is 1. The van der Waals surface area contributed by atoms with Crippen LogP contribution in [0.25, 0.3) is 22.5 Å². The Hall–Kier alpha value is -3.22. The highest BCUT2D eigenvalue weighted by molar-refractivity contribution is 5.83. The van der Waals surface area contributed by atoms with Crippen LogP contribution in [0.5, 0.6) is 11.5 Å². The lowest BCUT2D eigenvalue weighted by atomic mass is 10.1. The third-order valence-electron chi connectivity index (χ3n) is 4.07. The molecule has 26 heavy (non-hydrogen) atoms. The van der Waals surface area contributed by atoms with Crippen LogP contribution in [0.3, 0.4) is 0 Å². The molecule has 0 bridgehead atoms. The summed E-state index contributed by atoms with van der Waals surface area (Å²) in [5.41, 5.74) is 0.493. The predicted molar refractivity (Wildman–Crippen MR) is 93.5 cm³/mol. The van der Waals surface area contributed by atoms with Gasteiger partial charge in [0.05, 0.1) is 25.7 Å². The second kappa shape index (κ2) is 6.95. The Morgan fingerprint density at radius 2 is 1.92 bits per heavy atom. The topological polar surface area (TPSA) is 99.1 Å². The van der Waals surface area contributed by atoms with Crippen molar-refractivity contribution >= 4 is 16.9 Å². The highest BCUT2D eigenvalue weighted by atomic mass is 16.5. The van der Waals surface area contributed by atoms with Gasteiger partial charge in [-0.15, -0.1) is 0 Å². The minimum atomic E-state index is -0.615. The number of aromatic hydroxyl groups is 1. The molecule has 0 unspecified atom stereocenters. The summed E-state index contributed by atoms with van der Waals surface area (Å²) in [6.45, 7) is 3.33. The van der Waals surface area contributed by atoms with E-state index in [1.807, 2.05) is 0 Å². The van der Waals surface area contributed by atoms with Crippen LogP contribution >= 0.6 is 0 Å². The SMILES string of the molecule is COC(=O)CCOc1ccc2cc(-c3oc(=O)c(C)c(O)c3C)oc2c1. The molecule has 2 aromatic heterocycles. The van der Waals surface area contributed by atoms with Crippen LogP contribution < -0.4 is 10.4 Å². The summed E-state index contributed by atoms with van der Waals surface area (Å²) in [6, 6.07) is 6.93. The summed E-state index contributed by atoms with van der Waals surface area (Å²) >= 11 is 0. The molecule has 2 heterocycles. The van der Waals surface area contributed by atoms with Crippen molar-refractivity contribution in [3.63, 3.8) is 0 Å². The largest absolute Gasteiger partial charge is 0.507 e. The number of furan rings is 1. The molecule has 3 aromatic rings. The average Bonchev–Trinajstić information content (AvgIpc) is 3.05. The van der Waals surface area contributed by atoms with Gasteiger partial charge < -0.3 is 23.4 Å². The maximum atomic E-state index is 11.8. The number of rotatable bonds is 5. The molecule has 0 amide bonds. The standard InChI is InChI=1S/C19H18O7/c1-10-17(21)11(2)19(22)26-18(10)15-8-12-4-5-13(9-14(12)25-15)24-7-6-16(20)23-3/h4-5,8-9,21H,6-7H2,1-3H3. The lowest BCUT2D eigenvalue weighted by Gasteiger charge is -2.05. The van der Waals surface area contributed by atoms with Gasteiger partial charge in [-0.1, -0.05) is 0 Å². The van der Waals surface area contributed by atoms with Crippen LogP contribution in [-0.2, 0) is 9.53 Å². The van der Waals surface area contributed by atoms with Crippen LogP contribution in [0, 0.1) is 13.8 Å². The molecular formula is C19H18O7. The molecule has 0 aliphatic heterocycles. The highest BCUT2D eigenvalue weighted by Crippen LogP contribution is 2.34. The highest BCUT2D eigenvalue weighted by Gasteiger charge is 2.18. The van der Waals surface area contributed by atoms with Crippen molar-refractivity contribution in [2.75, 3.05) is 13.7 Å². The minimum absolute atomic E-state index is 0.108. The zero-order chi connectivity index (χ0) is 18.8. The Morgan fingerprint density at radius 1 is 1.15 bits per heavy atom. The Labute approximate surface area is 148 Å². The molecule has 136 valence electrons. The van der Waals surface area contributed by atoms with E-state index in [9.17, 15) is 14.7 Å². The van der Waals surface area contributed by atoms with E-state index >= 15 is 0 Å². The van der Waals surface area contributed by atoms with Crippen LogP contribution in [0.4, 0.5) is 0 Å². The summed E-state index contributed by atoms with van der Waals surface area (Å²) < 4.78 is 21.1. The Balaban J connectivity index is 1.91. The predicted octanol–water partition coefficient (Wildman–Crippen LogP) is 3.32. The quantitative estimate of drug-likeness (QED) is 0.698. The molecule has 0 atom stereocenters. The lowest BCUT2D eigenvalue weighted by Crippen LogP contribution is -2.07. The van der Waals surface area contributed by atoms with Crippen molar-refractivity contribution in [2.24, 2.45) is 0 Å². The second-order valence-electron chi connectivity index (χ2n) is 5.80. The fraction of sp³-hybridized carbons (Fsp3) is 0.263. The maximum absolute atomic E-state index is 11.8. The molecule has 0 aliphatic carbocycles. The molecule has 1 N–H and O–H groups in total. The van der Waals surface area contributed by atoms with Gasteiger partial charge in [0.1, 0.15) is 17.1 Å². The number of methoxy groups -OCH3 is 1. The molecule has 0 spiro atoms. The fourth-order valence-electron chi connectivity index (χ4n) is 2.53. The Kier molecular flexibility index (Phi) is 4.71. The van der Waals surface area contributed by atoms with Gasteiger partial charge in [0.2, 0.25) is 0 Å². The monoisotopic (exact) mass is 358 g/mol. The summed E-state index contributed by atoms with van der Waals surface area (Å²) in [6.07, 6.45) is 0.144. The van der Waals surface area contributed by atoms with E-state index in [-0.39, 0.29) is 36.1 Å². The van der Waals surface area contributed by atoms with E-state index in [4.69, 9.17) is 13.6 Å². The van der Waals surface area contributed by atoms with Crippen molar-refractivity contribution in [3.8, 4) is 23.0 Å². The average molecular weight is 358 g/mol.